The molecule has 3 aromatic rings. The average Bonchev–Trinajstić information content (AvgIpc) is 3.23. The smallest absolute Gasteiger partial charge is 0.270 e. The lowest BCUT2D eigenvalue weighted by Crippen LogP contribution is -2.43. The third-order valence-corrected chi connectivity index (χ3v) is 7.50. The van der Waals surface area contributed by atoms with E-state index in [0.717, 1.165) is 47.0 Å². The van der Waals surface area contributed by atoms with Crippen LogP contribution >= 0.6 is 11.3 Å². The number of likely N-dealkylation sites (tertiary alicyclic amines) is 1. The number of hydrogen-bond donors (Lipinski definition) is 2. The Kier molecular flexibility index (Phi) is 6.73. The van der Waals surface area contributed by atoms with Crippen molar-refractivity contribution < 1.29 is 9.53 Å². The first-order valence-corrected chi connectivity index (χ1v) is 12.7. The number of aromatic nitrogens is 2. The minimum absolute atomic E-state index is 0.147. The number of anilines is 1. The van der Waals surface area contributed by atoms with E-state index in [9.17, 15) is 4.79 Å². The summed E-state index contributed by atoms with van der Waals surface area (Å²) in [6, 6.07) is 10.1. The standard InChI is InChI=1S/C25H31N5O2S/c1-30-13-10-18(11-14-30)27-24(31)22-15-20(9-12-26-22)32-19-7-8-21-23(16-19)33-25(29-21)28-17-5-3-2-4-6-17/h7-9,12,15-18H,2-6,10-11,13-14H2,1H3,(H,27,31)(H,28,29). The average molecular weight is 466 g/mol. The Hall–Kier alpha value is -2.71. The molecule has 0 spiro atoms. The molecule has 2 fully saturated rings. The van der Waals surface area contributed by atoms with Crippen LogP contribution in [0.3, 0.4) is 0 Å². The Labute approximate surface area is 198 Å². The molecule has 1 aliphatic heterocycles. The molecule has 7 nitrogen and oxygen atoms in total. The van der Waals surface area contributed by atoms with Crippen LogP contribution in [0.25, 0.3) is 10.2 Å². The highest BCUT2D eigenvalue weighted by Crippen LogP contribution is 2.32. The summed E-state index contributed by atoms with van der Waals surface area (Å²) >= 11 is 1.66. The molecule has 1 amide bonds. The predicted molar refractivity (Wildman–Crippen MR) is 132 cm³/mol. The maximum Gasteiger partial charge on any atom is 0.270 e. The molecule has 0 atom stereocenters. The molecule has 1 aliphatic carbocycles. The highest BCUT2D eigenvalue weighted by molar-refractivity contribution is 7.22. The molecule has 1 saturated heterocycles. The van der Waals surface area contributed by atoms with E-state index in [1.165, 1.54) is 32.1 Å². The largest absolute Gasteiger partial charge is 0.457 e. The molecule has 174 valence electrons. The van der Waals surface area contributed by atoms with Crippen LogP contribution in [0.2, 0.25) is 0 Å². The molecule has 1 aromatic carbocycles. The van der Waals surface area contributed by atoms with Gasteiger partial charge in [0.1, 0.15) is 17.2 Å². The van der Waals surface area contributed by atoms with E-state index in [-0.39, 0.29) is 11.9 Å². The minimum Gasteiger partial charge on any atom is -0.457 e. The SMILES string of the molecule is CN1CCC(NC(=O)c2cc(Oc3ccc4nc(NC5CCCCC5)sc4c3)ccn2)CC1. The molecular weight excluding hydrogens is 434 g/mol. The van der Waals surface area contributed by atoms with Gasteiger partial charge in [0, 0.05) is 30.4 Å². The van der Waals surface area contributed by atoms with Crippen molar-refractivity contribution in [2.45, 2.75) is 57.0 Å². The number of piperidine rings is 1. The molecule has 2 aliphatic rings. The van der Waals surface area contributed by atoms with E-state index in [2.05, 4.69) is 27.6 Å². The number of hydrogen-bond acceptors (Lipinski definition) is 7. The van der Waals surface area contributed by atoms with Gasteiger partial charge in [0.15, 0.2) is 5.13 Å². The van der Waals surface area contributed by atoms with Gasteiger partial charge < -0.3 is 20.3 Å². The summed E-state index contributed by atoms with van der Waals surface area (Å²) in [7, 11) is 2.11. The number of amides is 1. The second-order valence-electron chi connectivity index (χ2n) is 9.16. The van der Waals surface area contributed by atoms with Crippen molar-refractivity contribution >= 4 is 32.6 Å². The molecule has 8 heteroatoms. The van der Waals surface area contributed by atoms with Crippen molar-refractivity contribution in [3.63, 3.8) is 0 Å². The zero-order chi connectivity index (χ0) is 22.6. The first-order valence-electron chi connectivity index (χ1n) is 11.9. The second kappa shape index (κ2) is 10.1. The molecule has 3 heterocycles. The predicted octanol–water partition coefficient (Wildman–Crippen LogP) is 5.05. The van der Waals surface area contributed by atoms with E-state index in [1.807, 2.05) is 18.2 Å². The quantitative estimate of drug-likeness (QED) is 0.530. The fourth-order valence-electron chi connectivity index (χ4n) is 4.60. The number of carbonyl (C=O) groups excluding carboxylic acids is 1. The molecule has 33 heavy (non-hydrogen) atoms. The van der Waals surface area contributed by atoms with Gasteiger partial charge in [0.05, 0.1) is 10.2 Å². The van der Waals surface area contributed by atoms with Crippen molar-refractivity contribution in [1.29, 1.82) is 0 Å². The lowest BCUT2D eigenvalue weighted by molar-refractivity contribution is 0.0911. The molecule has 5 rings (SSSR count). The van der Waals surface area contributed by atoms with Crippen LogP contribution in [0.1, 0.15) is 55.4 Å². The minimum atomic E-state index is -0.147. The van der Waals surface area contributed by atoms with Crippen molar-refractivity contribution in [2.75, 3.05) is 25.5 Å². The number of nitrogens with one attached hydrogen (secondary N) is 2. The Morgan fingerprint density at radius 2 is 1.82 bits per heavy atom. The van der Waals surface area contributed by atoms with Crippen molar-refractivity contribution in [3.8, 4) is 11.5 Å². The first-order chi connectivity index (χ1) is 16.1. The Balaban J connectivity index is 1.24. The van der Waals surface area contributed by atoms with Crippen LogP contribution < -0.4 is 15.4 Å². The number of nitrogens with zero attached hydrogens (tertiary/aromatic N) is 3. The number of rotatable bonds is 6. The van der Waals surface area contributed by atoms with E-state index in [1.54, 1.807) is 29.7 Å². The third kappa shape index (κ3) is 5.62. The van der Waals surface area contributed by atoms with Crippen LogP contribution in [0, 0.1) is 0 Å². The molecule has 0 bridgehead atoms. The maximum atomic E-state index is 12.7. The topological polar surface area (TPSA) is 79.4 Å². The summed E-state index contributed by atoms with van der Waals surface area (Å²) in [6.07, 6.45) is 9.93. The number of ether oxygens (including phenoxy) is 1. The fraction of sp³-hybridized carbons (Fsp3) is 0.480. The first kappa shape index (κ1) is 22.1. The normalized spacial score (nSPS) is 18.3. The summed E-state index contributed by atoms with van der Waals surface area (Å²) in [6.45, 7) is 2.00. The van der Waals surface area contributed by atoms with Gasteiger partial charge in [-0.25, -0.2) is 4.98 Å². The highest BCUT2D eigenvalue weighted by Gasteiger charge is 2.20. The number of fused-ring (bicyclic) bond motifs is 1. The number of carbonyl (C=O) groups is 1. The lowest BCUT2D eigenvalue weighted by Gasteiger charge is -2.29. The second-order valence-corrected chi connectivity index (χ2v) is 10.2. The maximum absolute atomic E-state index is 12.7. The van der Waals surface area contributed by atoms with Gasteiger partial charge in [0.25, 0.3) is 5.91 Å². The van der Waals surface area contributed by atoms with Crippen LogP contribution in [0.15, 0.2) is 36.5 Å². The van der Waals surface area contributed by atoms with Gasteiger partial charge in [-0.3, -0.25) is 9.78 Å². The van der Waals surface area contributed by atoms with Gasteiger partial charge in [-0.2, -0.15) is 0 Å². The lowest BCUT2D eigenvalue weighted by atomic mass is 9.96. The highest BCUT2D eigenvalue weighted by atomic mass is 32.1. The fourth-order valence-corrected chi connectivity index (χ4v) is 5.57. The Morgan fingerprint density at radius 3 is 2.64 bits per heavy atom. The van der Waals surface area contributed by atoms with Gasteiger partial charge in [0.2, 0.25) is 0 Å². The van der Waals surface area contributed by atoms with Crippen LogP contribution in [0.5, 0.6) is 11.5 Å². The molecule has 0 unspecified atom stereocenters. The number of thiazole rings is 1. The molecule has 2 N–H and O–H groups in total. The molecular formula is C25H31N5O2S. The van der Waals surface area contributed by atoms with Gasteiger partial charge in [-0.15, -0.1) is 0 Å². The van der Waals surface area contributed by atoms with Crippen LogP contribution in [-0.2, 0) is 0 Å². The number of pyridine rings is 1. The molecule has 1 saturated carbocycles. The zero-order valence-corrected chi connectivity index (χ0v) is 19.9. The van der Waals surface area contributed by atoms with Crippen LogP contribution in [-0.4, -0.2) is 53.0 Å². The number of benzene rings is 1. The summed E-state index contributed by atoms with van der Waals surface area (Å²) in [5, 5.41) is 7.69. The van der Waals surface area contributed by atoms with Gasteiger partial charge in [-0.1, -0.05) is 30.6 Å². The monoisotopic (exact) mass is 465 g/mol. The molecule has 0 radical (unpaired) electrons. The summed E-state index contributed by atoms with van der Waals surface area (Å²) in [5.41, 5.74) is 1.35. The van der Waals surface area contributed by atoms with Crippen LogP contribution in [0.4, 0.5) is 5.13 Å². The zero-order valence-electron chi connectivity index (χ0n) is 19.0. The van der Waals surface area contributed by atoms with Crippen molar-refractivity contribution in [1.82, 2.24) is 20.2 Å². The summed E-state index contributed by atoms with van der Waals surface area (Å²) in [5.74, 6) is 1.18. The Bertz CT molecular complexity index is 1100. The van der Waals surface area contributed by atoms with Gasteiger partial charge in [-0.05, 0) is 64.0 Å². The third-order valence-electron chi connectivity index (χ3n) is 6.55. The van der Waals surface area contributed by atoms with Gasteiger partial charge >= 0.3 is 0 Å². The Morgan fingerprint density at radius 1 is 1.03 bits per heavy atom. The van der Waals surface area contributed by atoms with Crippen molar-refractivity contribution in [2.24, 2.45) is 0 Å². The van der Waals surface area contributed by atoms with E-state index < -0.39 is 0 Å². The van der Waals surface area contributed by atoms with E-state index in [4.69, 9.17) is 9.72 Å². The van der Waals surface area contributed by atoms with E-state index >= 15 is 0 Å². The molecule has 2 aromatic heterocycles. The van der Waals surface area contributed by atoms with Crippen molar-refractivity contribution in [3.05, 3.63) is 42.2 Å². The van der Waals surface area contributed by atoms with E-state index in [0.29, 0.717) is 17.5 Å². The summed E-state index contributed by atoms with van der Waals surface area (Å²) < 4.78 is 7.16. The summed E-state index contributed by atoms with van der Waals surface area (Å²) in [4.78, 5) is 24.0.